The highest BCUT2D eigenvalue weighted by molar-refractivity contribution is 5.90. The first-order valence-electron chi connectivity index (χ1n) is 11.2. The van der Waals surface area contributed by atoms with Crippen molar-refractivity contribution in [2.24, 2.45) is 4.99 Å². The summed E-state index contributed by atoms with van der Waals surface area (Å²) in [4.78, 5) is 7.25. The van der Waals surface area contributed by atoms with Crippen LogP contribution >= 0.6 is 0 Å². The van der Waals surface area contributed by atoms with E-state index in [0.29, 0.717) is 24.4 Å². The van der Waals surface area contributed by atoms with Crippen LogP contribution in [0.1, 0.15) is 74.1 Å². The molecule has 0 spiro atoms. The van der Waals surface area contributed by atoms with E-state index in [1.807, 2.05) is 19.1 Å². The highest BCUT2D eigenvalue weighted by atomic mass is 16.5. The molecule has 1 saturated heterocycles. The number of allylic oxidation sites excluding steroid dienone is 2. The molecule has 1 aliphatic carbocycles. The summed E-state index contributed by atoms with van der Waals surface area (Å²) in [7, 11) is 0. The van der Waals surface area contributed by atoms with Crippen molar-refractivity contribution in [3.63, 3.8) is 0 Å². The predicted molar refractivity (Wildman–Crippen MR) is 120 cm³/mol. The van der Waals surface area contributed by atoms with Gasteiger partial charge in [0.15, 0.2) is 0 Å². The third kappa shape index (κ3) is 7.54. The first kappa shape index (κ1) is 24.1. The van der Waals surface area contributed by atoms with E-state index in [2.05, 4.69) is 53.0 Å². The van der Waals surface area contributed by atoms with Gasteiger partial charge in [-0.3, -0.25) is 0 Å². The summed E-state index contributed by atoms with van der Waals surface area (Å²) >= 11 is 0. The SMILES string of the molecule is C=C/C=C(\N=C(/C)C(C)(C)OC(C)C)N1CCC(OC2CC(OC(C)C)C2)CC1. The molecule has 2 fully saturated rings. The summed E-state index contributed by atoms with van der Waals surface area (Å²) in [6, 6.07) is 0. The van der Waals surface area contributed by atoms with Crippen molar-refractivity contribution in [2.75, 3.05) is 13.1 Å². The highest BCUT2D eigenvalue weighted by Crippen LogP contribution is 2.31. The lowest BCUT2D eigenvalue weighted by Crippen LogP contribution is -2.44. The maximum Gasteiger partial charge on any atom is 0.128 e. The van der Waals surface area contributed by atoms with Crippen molar-refractivity contribution in [1.29, 1.82) is 0 Å². The molecule has 0 aromatic rings. The van der Waals surface area contributed by atoms with Gasteiger partial charge < -0.3 is 19.1 Å². The highest BCUT2D eigenvalue weighted by Gasteiger charge is 2.34. The van der Waals surface area contributed by atoms with Crippen molar-refractivity contribution >= 4 is 5.71 Å². The molecule has 166 valence electrons. The molecular weight excluding hydrogens is 364 g/mol. The van der Waals surface area contributed by atoms with Crippen LogP contribution in [0, 0.1) is 0 Å². The number of aliphatic imine (C=N–C) groups is 1. The van der Waals surface area contributed by atoms with Gasteiger partial charge >= 0.3 is 0 Å². The average molecular weight is 407 g/mol. The maximum atomic E-state index is 6.30. The molecule has 0 aromatic carbocycles. The van der Waals surface area contributed by atoms with Gasteiger partial charge in [0, 0.05) is 18.8 Å². The van der Waals surface area contributed by atoms with E-state index in [9.17, 15) is 0 Å². The quantitative estimate of drug-likeness (QED) is 0.373. The Morgan fingerprint density at radius 2 is 1.66 bits per heavy atom. The number of ether oxygens (including phenoxy) is 3. The van der Waals surface area contributed by atoms with Crippen LogP contribution in [0.25, 0.3) is 0 Å². The van der Waals surface area contributed by atoms with Crippen molar-refractivity contribution in [1.82, 2.24) is 4.90 Å². The van der Waals surface area contributed by atoms with Crippen molar-refractivity contribution in [3.8, 4) is 0 Å². The summed E-state index contributed by atoms with van der Waals surface area (Å²) in [6.07, 6.45) is 9.50. The third-order valence-electron chi connectivity index (χ3n) is 5.62. The Morgan fingerprint density at radius 1 is 1.03 bits per heavy atom. The Morgan fingerprint density at radius 3 is 2.17 bits per heavy atom. The second-order valence-electron chi connectivity index (χ2n) is 9.36. The van der Waals surface area contributed by atoms with Gasteiger partial charge in [0.1, 0.15) is 11.4 Å². The minimum atomic E-state index is -0.394. The van der Waals surface area contributed by atoms with Crippen LogP contribution in [0.4, 0.5) is 0 Å². The number of rotatable bonds is 10. The van der Waals surface area contributed by atoms with Gasteiger partial charge in [0.2, 0.25) is 0 Å². The molecule has 2 aliphatic rings. The maximum absolute atomic E-state index is 6.30. The lowest BCUT2D eigenvalue weighted by molar-refractivity contribution is -0.145. The first-order chi connectivity index (χ1) is 13.6. The summed E-state index contributed by atoms with van der Waals surface area (Å²) in [6.45, 7) is 20.3. The molecule has 5 heteroatoms. The number of piperidine rings is 1. The zero-order valence-electron chi connectivity index (χ0n) is 19.6. The van der Waals surface area contributed by atoms with Crippen LogP contribution in [-0.2, 0) is 14.2 Å². The zero-order valence-corrected chi connectivity index (χ0v) is 19.6. The van der Waals surface area contributed by atoms with Crippen LogP contribution in [0.15, 0.2) is 29.5 Å². The Kier molecular flexibility index (Phi) is 8.92. The summed E-state index contributed by atoms with van der Waals surface area (Å²) in [5, 5.41) is 0. The molecule has 0 N–H and O–H groups in total. The number of likely N-dealkylation sites (tertiary alicyclic amines) is 1. The van der Waals surface area contributed by atoms with Crippen molar-refractivity contribution in [2.45, 2.75) is 110 Å². The molecule has 5 nitrogen and oxygen atoms in total. The van der Waals surface area contributed by atoms with Crippen LogP contribution in [0.5, 0.6) is 0 Å². The van der Waals surface area contributed by atoms with Gasteiger partial charge in [-0.2, -0.15) is 0 Å². The summed E-state index contributed by atoms with van der Waals surface area (Å²) < 4.78 is 18.2. The normalized spacial score (nSPS) is 24.9. The van der Waals surface area contributed by atoms with Crippen molar-refractivity contribution < 1.29 is 14.2 Å². The van der Waals surface area contributed by atoms with E-state index in [1.165, 1.54) is 0 Å². The Labute approximate surface area is 178 Å². The van der Waals surface area contributed by atoms with E-state index in [4.69, 9.17) is 19.2 Å². The average Bonchev–Trinajstić information content (AvgIpc) is 2.58. The third-order valence-corrected chi connectivity index (χ3v) is 5.62. The number of hydrogen-bond donors (Lipinski definition) is 0. The first-order valence-corrected chi connectivity index (χ1v) is 11.2. The minimum Gasteiger partial charge on any atom is -0.375 e. The van der Waals surface area contributed by atoms with Gasteiger partial charge in [-0.05, 0) is 80.2 Å². The lowest BCUT2D eigenvalue weighted by atomic mass is 9.91. The van der Waals surface area contributed by atoms with Gasteiger partial charge in [-0.25, -0.2) is 4.99 Å². The standard InChI is InChI=1S/C24H42N2O3/c1-9-10-23(25-19(6)24(7,8)29-18(4)5)26-13-11-20(12-14-26)28-22-15-21(16-22)27-17(2)3/h9-10,17-18,20-22H,1,11-16H2,2-8H3/b23-10+,25-19+. The Bertz CT molecular complexity index is 581. The molecule has 2 rings (SSSR count). The van der Waals surface area contributed by atoms with Crippen LogP contribution < -0.4 is 0 Å². The van der Waals surface area contributed by atoms with Crippen molar-refractivity contribution in [3.05, 3.63) is 24.6 Å². The minimum absolute atomic E-state index is 0.159. The van der Waals surface area contributed by atoms with E-state index in [1.54, 1.807) is 0 Å². The van der Waals surface area contributed by atoms with Gasteiger partial charge in [-0.1, -0.05) is 12.7 Å². The fourth-order valence-corrected chi connectivity index (χ4v) is 3.92. The molecular formula is C24H42N2O3. The smallest absolute Gasteiger partial charge is 0.128 e. The molecule has 0 amide bonds. The molecule has 0 radical (unpaired) electrons. The molecule has 29 heavy (non-hydrogen) atoms. The monoisotopic (exact) mass is 406 g/mol. The molecule has 0 atom stereocenters. The number of nitrogens with zero attached hydrogens (tertiary/aromatic N) is 2. The molecule has 1 saturated carbocycles. The fourth-order valence-electron chi connectivity index (χ4n) is 3.92. The summed E-state index contributed by atoms with van der Waals surface area (Å²) in [5.41, 5.74) is 0.581. The lowest BCUT2D eigenvalue weighted by Gasteiger charge is -2.41. The predicted octanol–water partition coefficient (Wildman–Crippen LogP) is 5.12. The molecule has 1 heterocycles. The second-order valence-corrected chi connectivity index (χ2v) is 9.36. The molecule has 1 aliphatic heterocycles. The fraction of sp³-hybridized carbons (Fsp3) is 0.792. The van der Waals surface area contributed by atoms with E-state index in [0.717, 1.165) is 50.3 Å². The van der Waals surface area contributed by atoms with Crippen LogP contribution in [0.3, 0.4) is 0 Å². The number of hydrogen-bond acceptors (Lipinski definition) is 5. The summed E-state index contributed by atoms with van der Waals surface area (Å²) in [5.74, 6) is 0.963. The van der Waals surface area contributed by atoms with E-state index >= 15 is 0 Å². The second kappa shape index (κ2) is 10.7. The van der Waals surface area contributed by atoms with E-state index < -0.39 is 5.60 Å². The van der Waals surface area contributed by atoms with Gasteiger partial charge in [0.05, 0.1) is 30.5 Å². The van der Waals surface area contributed by atoms with Crippen LogP contribution in [-0.4, -0.2) is 59.8 Å². The van der Waals surface area contributed by atoms with Gasteiger partial charge in [0.25, 0.3) is 0 Å². The van der Waals surface area contributed by atoms with Gasteiger partial charge in [-0.15, -0.1) is 0 Å². The molecule has 0 aromatic heterocycles. The van der Waals surface area contributed by atoms with Crippen LogP contribution in [0.2, 0.25) is 0 Å². The Balaban J connectivity index is 1.86. The van der Waals surface area contributed by atoms with E-state index in [-0.39, 0.29) is 6.10 Å². The molecule has 0 unspecified atom stereocenters. The Hall–Kier alpha value is -1.17. The molecule has 0 bridgehead atoms. The zero-order chi connectivity index (χ0) is 21.6. The topological polar surface area (TPSA) is 43.3 Å². The largest absolute Gasteiger partial charge is 0.375 e.